The summed E-state index contributed by atoms with van der Waals surface area (Å²) in [6.45, 7) is 1.95. The lowest BCUT2D eigenvalue weighted by Gasteiger charge is -2.39. The zero-order valence-corrected chi connectivity index (χ0v) is 14.7. The minimum Gasteiger partial charge on any atom is -0.472 e. The van der Waals surface area contributed by atoms with Crippen molar-refractivity contribution in [3.05, 3.63) is 54.5 Å². The van der Waals surface area contributed by atoms with Gasteiger partial charge in [-0.1, -0.05) is 12.1 Å². The predicted octanol–water partition coefficient (Wildman–Crippen LogP) is 2.25. The minimum absolute atomic E-state index is 0.0178. The van der Waals surface area contributed by atoms with Crippen LogP contribution >= 0.6 is 0 Å². The highest BCUT2D eigenvalue weighted by atomic mass is 16.6. The quantitative estimate of drug-likeness (QED) is 0.843. The van der Waals surface area contributed by atoms with Crippen molar-refractivity contribution < 1.29 is 14.3 Å². The highest BCUT2D eigenvalue weighted by Crippen LogP contribution is 2.36. The maximum atomic E-state index is 12.7. The van der Waals surface area contributed by atoms with Crippen molar-refractivity contribution in [2.45, 2.75) is 37.4 Å². The number of carbonyl (C=O) groups excluding carboxylic acids is 1. The Morgan fingerprint density at radius 1 is 1.23 bits per heavy atom. The topological polar surface area (TPSA) is 64.6 Å². The molecule has 0 aliphatic carbocycles. The second-order valence-corrected chi connectivity index (χ2v) is 7.02. The number of amides is 1. The number of piperidine rings is 1. The van der Waals surface area contributed by atoms with E-state index in [4.69, 9.17) is 9.47 Å². The maximum absolute atomic E-state index is 12.7. The number of carbonyl (C=O) groups is 1. The Kier molecular flexibility index (Phi) is 4.84. The molecule has 2 aliphatic heterocycles. The molecule has 6 heteroatoms. The molecule has 2 atom stereocenters. The molecule has 6 nitrogen and oxygen atoms in total. The normalized spacial score (nSPS) is 25.4. The fourth-order valence-electron chi connectivity index (χ4n) is 3.83. The fourth-order valence-corrected chi connectivity index (χ4v) is 3.83. The van der Waals surface area contributed by atoms with Crippen LogP contribution in [0, 0.1) is 0 Å². The highest BCUT2D eigenvalue weighted by molar-refractivity contribution is 5.78. The summed E-state index contributed by atoms with van der Waals surface area (Å²) in [6, 6.07) is 11.3. The van der Waals surface area contributed by atoms with E-state index < -0.39 is 0 Å². The van der Waals surface area contributed by atoms with Gasteiger partial charge in [0.2, 0.25) is 11.8 Å². The molecule has 0 unspecified atom stereocenters. The van der Waals surface area contributed by atoms with Crippen LogP contribution in [0.2, 0.25) is 0 Å². The van der Waals surface area contributed by atoms with Gasteiger partial charge in [-0.2, -0.15) is 0 Å². The highest BCUT2D eigenvalue weighted by Gasteiger charge is 2.45. The van der Waals surface area contributed by atoms with E-state index in [-0.39, 0.29) is 17.6 Å². The lowest BCUT2D eigenvalue weighted by atomic mass is 9.89. The van der Waals surface area contributed by atoms with E-state index in [1.807, 2.05) is 41.3 Å². The van der Waals surface area contributed by atoms with Gasteiger partial charge < -0.3 is 14.4 Å². The number of ether oxygens (including phenoxy) is 2. The SMILES string of the molecule is O=C(Cc1ccccn1)N1CCC[C@]2(C[C@@H](Oc3ccccn3)CO2)C1. The maximum Gasteiger partial charge on any atom is 0.228 e. The number of hydrogen-bond acceptors (Lipinski definition) is 5. The number of hydrogen-bond donors (Lipinski definition) is 0. The second-order valence-electron chi connectivity index (χ2n) is 7.02. The lowest BCUT2D eigenvalue weighted by Crippen LogP contribution is -2.50. The molecular formula is C20H23N3O3. The van der Waals surface area contributed by atoms with Gasteiger partial charge in [0.1, 0.15) is 6.10 Å². The van der Waals surface area contributed by atoms with Crippen molar-refractivity contribution in [2.24, 2.45) is 0 Å². The molecule has 4 rings (SSSR count). The molecule has 4 heterocycles. The molecule has 2 aliphatic rings. The second kappa shape index (κ2) is 7.41. The lowest BCUT2D eigenvalue weighted by molar-refractivity contribution is -0.138. The number of rotatable bonds is 4. The Morgan fingerprint density at radius 3 is 2.85 bits per heavy atom. The number of nitrogens with zero attached hydrogens (tertiary/aromatic N) is 3. The van der Waals surface area contributed by atoms with Gasteiger partial charge in [0.15, 0.2) is 0 Å². The van der Waals surface area contributed by atoms with Crippen LogP contribution in [0.1, 0.15) is 25.0 Å². The van der Waals surface area contributed by atoms with Crippen molar-refractivity contribution in [2.75, 3.05) is 19.7 Å². The van der Waals surface area contributed by atoms with E-state index in [1.165, 1.54) is 0 Å². The predicted molar refractivity (Wildman–Crippen MR) is 95.7 cm³/mol. The van der Waals surface area contributed by atoms with Crippen molar-refractivity contribution in [1.82, 2.24) is 14.9 Å². The van der Waals surface area contributed by atoms with Gasteiger partial charge in [-0.15, -0.1) is 0 Å². The van der Waals surface area contributed by atoms with Crippen LogP contribution in [0.4, 0.5) is 0 Å². The van der Waals surface area contributed by atoms with Crippen LogP contribution in [0.5, 0.6) is 5.88 Å². The van der Waals surface area contributed by atoms with Crippen molar-refractivity contribution in [1.29, 1.82) is 0 Å². The molecule has 2 aromatic rings. The first-order chi connectivity index (χ1) is 12.7. The van der Waals surface area contributed by atoms with Crippen LogP contribution in [-0.2, 0) is 16.0 Å². The zero-order valence-electron chi connectivity index (χ0n) is 14.7. The molecular weight excluding hydrogens is 330 g/mol. The summed E-state index contributed by atoms with van der Waals surface area (Å²) >= 11 is 0. The molecule has 2 fully saturated rings. The fraction of sp³-hybridized carbons (Fsp3) is 0.450. The number of pyridine rings is 2. The third-order valence-corrected chi connectivity index (χ3v) is 5.05. The van der Waals surface area contributed by atoms with Gasteiger partial charge in [0, 0.05) is 43.7 Å². The standard InChI is InChI=1S/C20H23N3O3/c24-19(12-16-6-1-3-9-21-16)23-11-5-8-20(15-23)13-17(14-25-20)26-18-7-2-4-10-22-18/h1-4,6-7,9-10,17H,5,8,11-15H2/t17-,20+/m1/s1. The molecule has 0 bridgehead atoms. The van der Waals surface area contributed by atoms with Gasteiger partial charge in [0.05, 0.1) is 18.6 Å². The monoisotopic (exact) mass is 353 g/mol. The van der Waals surface area contributed by atoms with Crippen LogP contribution < -0.4 is 4.74 Å². The van der Waals surface area contributed by atoms with E-state index in [9.17, 15) is 4.79 Å². The Bertz CT molecular complexity index is 740. The molecule has 2 saturated heterocycles. The summed E-state index contributed by atoms with van der Waals surface area (Å²) < 4.78 is 12.1. The number of likely N-dealkylation sites (tertiary alicyclic amines) is 1. The molecule has 26 heavy (non-hydrogen) atoms. The van der Waals surface area contributed by atoms with E-state index in [2.05, 4.69) is 9.97 Å². The van der Waals surface area contributed by atoms with Crippen molar-refractivity contribution in [3.8, 4) is 5.88 Å². The van der Waals surface area contributed by atoms with Crippen LogP contribution in [0.25, 0.3) is 0 Å². The summed E-state index contributed by atoms with van der Waals surface area (Å²) in [6.07, 6.45) is 6.46. The molecule has 1 spiro atoms. The van der Waals surface area contributed by atoms with Crippen LogP contribution in [0.3, 0.4) is 0 Å². The van der Waals surface area contributed by atoms with Gasteiger partial charge in [-0.25, -0.2) is 4.98 Å². The largest absolute Gasteiger partial charge is 0.472 e. The molecule has 0 aromatic carbocycles. The summed E-state index contributed by atoms with van der Waals surface area (Å²) in [4.78, 5) is 23.1. The van der Waals surface area contributed by atoms with Gasteiger partial charge in [-0.3, -0.25) is 9.78 Å². The zero-order chi connectivity index (χ0) is 17.8. The first kappa shape index (κ1) is 17.0. The molecule has 1 amide bonds. The average molecular weight is 353 g/mol. The van der Waals surface area contributed by atoms with Gasteiger partial charge in [0.25, 0.3) is 0 Å². The molecule has 0 N–H and O–H groups in total. The van der Waals surface area contributed by atoms with Crippen molar-refractivity contribution >= 4 is 5.91 Å². The van der Waals surface area contributed by atoms with E-state index in [0.29, 0.717) is 25.5 Å². The molecule has 0 radical (unpaired) electrons. The summed E-state index contributed by atoms with van der Waals surface area (Å²) in [5.41, 5.74) is 0.512. The van der Waals surface area contributed by atoms with Crippen molar-refractivity contribution in [3.63, 3.8) is 0 Å². The smallest absolute Gasteiger partial charge is 0.228 e. The molecule has 0 saturated carbocycles. The first-order valence-corrected chi connectivity index (χ1v) is 9.12. The van der Waals surface area contributed by atoms with Gasteiger partial charge in [-0.05, 0) is 31.0 Å². The molecule has 2 aromatic heterocycles. The average Bonchev–Trinajstić information content (AvgIpc) is 3.05. The number of aromatic nitrogens is 2. The summed E-state index contributed by atoms with van der Waals surface area (Å²) in [5, 5.41) is 0. The minimum atomic E-state index is -0.294. The molecule has 136 valence electrons. The van der Waals surface area contributed by atoms with E-state index in [0.717, 1.165) is 31.5 Å². The van der Waals surface area contributed by atoms with Gasteiger partial charge >= 0.3 is 0 Å². The Balaban J connectivity index is 1.36. The van der Waals surface area contributed by atoms with Crippen LogP contribution in [0.15, 0.2) is 48.8 Å². The summed E-state index contributed by atoms with van der Waals surface area (Å²) in [7, 11) is 0. The Morgan fingerprint density at radius 2 is 2.08 bits per heavy atom. The Hall–Kier alpha value is -2.47. The first-order valence-electron chi connectivity index (χ1n) is 9.12. The third kappa shape index (κ3) is 3.85. The van der Waals surface area contributed by atoms with E-state index in [1.54, 1.807) is 12.4 Å². The van der Waals surface area contributed by atoms with Crippen LogP contribution in [-0.4, -0.2) is 52.2 Å². The summed E-state index contributed by atoms with van der Waals surface area (Å²) in [5.74, 6) is 0.734. The third-order valence-electron chi connectivity index (χ3n) is 5.05. The Labute approximate surface area is 153 Å². The van der Waals surface area contributed by atoms with E-state index >= 15 is 0 Å².